The van der Waals surface area contributed by atoms with E-state index in [2.05, 4.69) is 15.9 Å². The summed E-state index contributed by atoms with van der Waals surface area (Å²) in [5.41, 5.74) is 1.19. The molecule has 1 fully saturated rings. The number of ether oxygens (including phenoxy) is 2. The topological polar surface area (TPSA) is 79.3 Å². The number of aliphatic hydroxyl groups is 1. The van der Waals surface area contributed by atoms with Crippen molar-refractivity contribution in [2.75, 3.05) is 40.9 Å². The second-order valence-corrected chi connectivity index (χ2v) is 8.98. The SMILES string of the molecule is CCCOc1cc(C2/C(=C(/O)c3ccc(Br)cc3)C(=O)C(=O)N2CCN(C)C)ccc1OC. The van der Waals surface area contributed by atoms with Crippen molar-refractivity contribution in [1.82, 2.24) is 9.80 Å². The Morgan fingerprint density at radius 2 is 1.82 bits per heavy atom. The van der Waals surface area contributed by atoms with Crippen molar-refractivity contribution in [3.05, 3.63) is 63.6 Å². The number of methoxy groups -OCH3 is 1. The number of Topliss-reactive ketones (excluding diaryl/α,β-unsaturated/α-hetero) is 1. The Balaban J connectivity index is 2.16. The van der Waals surface area contributed by atoms with Crippen LogP contribution in [0.5, 0.6) is 11.5 Å². The largest absolute Gasteiger partial charge is 0.507 e. The number of likely N-dealkylation sites (N-methyl/N-ethyl adjacent to an activating group) is 1. The molecule has 1 heterocycles. The van der Waals surface area contributed by atoms with Crippen LogP contribution in [0, 0.1) is 0 Å². The predicted octanol–water partition coefficient (Wildman–Crippen LogP) is 4.23. The summed E-state index contributed by atoms with van der Waals surface area (Å²) in [5.74, 6) is -0.451. The number of ketones is 1. The Morgan fingerprint density at radius 1 is 1.12 bits per heavy atom. The molecule has 0 aliphatic carbocycles. The van der Waals surface area contributed by atoms with Gasteiger partial charge >= 0.3 is 0 Å². The molecule has 1 aliphatic heterocycles. The Labute approximate surface area is 202 Å². The second kappa shape index (κ2) is 10.9. The summed E-state index contributed by atoms with van der Waals surface area (Å²) < 4.78 is 12.1. The number of hydrogen-bond acceptors (Lipinski definition) is 6. The fraction of sp³-hybridized carbons (Fsp3) is 0.360. The summed E-state index contributed by atoms with van der Waals surface area (Å²) in [5, 5.41) is 11.1. The highest BCUT2D eigenvalue weighted by molar-refractivity contribution is 9.10. The number of hydrogen-bond donors (Lipinski definition) is 1. The van der Waals surface area contributed by atoms with Crippen LogP contribution in [-0.4, -0.2) is 67.5 Å². The van der Waals surface area contributed by atoms with Gasteiger partial charge < -0.3 is 24.4 Å². The third kappa shape index (κ3) is 5.39. The van der Waals surface area contributed by atoms with Crippen LogP contribution in [0.1, 0.15) is 30.5 Å². The van der Waals surface area contributed by atoms with Crippen molar-refractivity contribution in [3.8, 4) is 11.5 Å². The van der Waals surface area contributed by atoms with E-state index < -0.39 is 17.7 Å². The van der Waals surface area contributed by atoms with E-state index >= 15 is 0 Å². The summed E-state index contributed by atoms with van der Waals surface area (Å²) in [6.07, 6.45) is 0.818. The molecule has 1 atom stereocenters. The number of carbonyl (C=O) groups is 2. The van der Waals surface area contributed by atoms with Crippen molar-refractivity contribution < 1.29 is 24.2 Å². The van der Waals surface area contributed by atoms with E-state index in [1.165, 1.54) is 4.90 Å². The van der Waals surface area contributed by atoms with Crippen molar-refractivity contribution in [3.63, 3.8) is 0 Å². The van der Waals surface area contributed by atoms with Crippen LogP contribution in [-0.2, 0) is 9.59 Å². The number of halogens is 1. The minimum Gasteiger partial charge on any atom is -0.507 e. The molecule has 1 N–H and O–H groups in total. The molecule has 1 amide bonds. The monoisotopic (exact) mass is 516 g/mol. The Hall–Kier alpha value is -2.84. The van der Waals surface area contributed by atoms with Crippen LogP contribution in [0.2, 0.25) is 0 Å². The number of amides is 1. The molecule has 0 radical (unpaired) electrons. The lowest BCUT2D eigenvalue weighted by Gasteiger charge is -2.27. The highest BCUT2D eigenvalue weighted by Crippen LogP contribution is 2.42. The third-order valence-electron chi connectivity index (χ3n) is 5.41. The predicted molar refractivity (Wildman–Crippen MR) is 130 cm³/mol. The minimum absolute atomic E-state index is 0.0627. The van der Waals surface area contributed by atoms with Crippen LogP contribution in [0.4, 0.5) is 0 Å². The average Bonchev–Trinajstić information content (AvgIpc) is 3.06. The minimum atomic E-state index is -0.747. The van der Waals surface area contributed by atoms with Gasteiger partial charge in [0.05, 0.1) is 25.3 Å². The fourth-order valence-corrected chi connectivity index (χ4v) is 3.98. The van der Waals surface area contributed by atoms with Gasteiger partial charge in [0.15, 0.2) is 11.5 Å². The highest BCUT2D eigenvalue weighted by atomic mass is 79.9. The molecule has 0 saturated carbocycles. The molecule has 1 saturated heterocycles. The zero-order valence-electron chi connectivity index (χ0n) is 19.3. The van der Waals surface area contributed by atoms with Crippen molar-refractivity contribution >= 4 is 33.4 Å². The molecular formula is C25H29BrN2O5. The molecule has 1 unspecified atom stereocenters. The van der Waals surface area contributed by atoms with Gasteiger partial charge in [-0.2, -0.15) is 0 Å². The quantitative estimate of drug-likeness (QED) is 0.305. The fourth-order valence-electron chi connectivity index (χ4n) is 3.72. The third-order valence-corrected chi connectivity index (χ3v) is 5.94. The van der Waals surface area contributed by atoms with Crippen LogP contribution in [0.15, 0.2) is 52.5 Å². The summed E-state index contributed by atoms with van der Waals surface area (Å²) >= 11 is 3.38. The van der Waals surface area contributed by atoms with E-state index in [4.69, 9.17) is 9.47 Å². The van der Waals surface area contributed by atoms with Crippen LogP contribution < -0.4 is 9.47 Å². The number of aliphatic hydroxyl groups excluding tert-OH is 1. The van der Waals surface area contributed by atoms with Gasteiger partial charge in [0.2, 0.25) is 0 Å². The van der Waals surface area contributed by atoms with Crippen LogP contribution in [0.25, 0.3) is 5.76 Å². The van der Waals surface area contributed by atoms with Gasteiger partial charge in [-0.3, -0.25) is 9.59 Å². The molecule has 0 aromatic heterocycles. The van der Waals surface area contributed by atoms with E-state index in [0.29, 0.717) is 42.3 Å². The lowest BCUT2D eigenvalue weighted by atomic mass is 9.95. The summed E-state index contributed by atoms with van der Waals surface area (Å²) in [6, 6.07) is 11.5. The molecule has 176 valence electrons. The van der Waals surface area contributed by atoms with Crippen molar-refractivity contribution in [2.45, 2.75) is 19.4 Å². The van der Waals surface area contributed by atoms with Gasteiger partial charge in [-0.1, -0.05) is 41.1 Å². The zero-order valence-corrected chi connectivity index (χ0v) is 20.9. The van der Waals surface area contributed by atoms with Crippen LogP contribution in [0.3, 0.4) is 0 Å². The Bertz CT molecular complexity index is 1050. The van der Waals surface area contributed by atoms with Gasteiger partial charge in [-0.05, 0) is 50.3 Å². The van der Waals surface area contributed by atoms with Gasteiger partial charge in [0.25, 0.3) is 11.7 Å². The molecule has 2 aromatic rings. The van der Waals surface area contributed by atoms with Crippen molar-refractivity contribution in [1.29, 1.82) is 0 Å². The van der Waals surface area contributed by atoms with Gasteiger partial charge in [0, 0.05) is 23.1 Å². The van der Waals surface area contributed by atoms with Crippen LogP contribution >= 0.6 is 15.9 Å². The maximum atomic E-state index is 13.1. The first kappa shape index (κ1) is 24.8. The summed E-state index contributed by atoms with van der Waals surface area (Å²) in [4.78, 5) is 29.6. The molecule has 7 nitrogen and oxygen atoms in total. The normalized spacial score (nSPS) is 17.6. The first-order chi connectivity index (χ1) is 15.8. The number of carbonyl (C=O) groups excluding carboxylic acids is 2. The summed E-state index contributed by atoms with van der Waals surface area (Å²) in [6.45, 7) is 3.40. The molecule has 3 rings (SSSR count). The first-order valence-corrected chi connectivity index (χ1v) is 11.6. The Morgan fingerprint density at radius 3 is 2.42 bits per heavy atom. The number of nitrogens with zero attached hydrogens (tertiary/aromatic N) is 2. The molecule has 0 spiro atoms. The molecule has 8 heteroatoms. The van der Waals surface area contributed by atoms with E-state index in [0.717, 1.165) is 10.9 Å². The lowest BCUT2D eigenvalue weighted by Crippen LogP contribution is -2.35. The molecule has 1 aliphatic rings. The molecular weight excluding hydrogens is 488 g/mol. The molecule has 33 heavy (non-hydrogen) atoms. The standard InChI is InChI=1S/C25H29BrN2O5/c1-5-14-33-20-15-17(8-11-19(20)32-4)22-21(23(29)16-6-9-18(26)10-7-16)24(30)25(31)28(22)13-12-27(2)3/h6-11,15,22,29H,5,12-14H2,1-4H3/b23-21-. The zero-order chi connectivity index (χ0) is 24.1. The second-order valence-electron chi connectivity index (χ2n) is 8.06. The summed E-state index contributed by atoms with van der Waals surface area (Å²) in [7, 11) is 5.36. The number of likely N-dealkylation sites (tertiary alicyclic amines) is 1. The smallest absolute Gasteiger partial charge is 0.295 e. The molecule has 2 aromatic carbocycles. The first-order valence-electron chi connectivity index (χ1n) is 10.8. The Kier molecular flexibility index (Phi) is 8.15. The van der Waals surface area contributed by atoms with Crippen molar-refractivity contribution in [2.24, 2.45) is 0 Å². The number of rotatable bonds is 9. The molecule has 0 bridgehead atoms. The van der Waals surface area contributed by atoms with E-state index in [-0.39, 0.29) is 11.3 Å². The van der Waals surface area contributed by atoms with E-state index in [1.54, 1.807) is 49.6 Å². The van der Waals surface area contributed by atoms with Gasteiger partial charge in [-0.25, -0.2) is 0 Å². The maximum Gasteiger partial charge on any atom is 0.295 e. The van der Waals surface area contributed by atoms with Gasteiger partial charge in [0.1, 0.15) is 5.76 Å². The van der Waals surface area contributed by atoms with E-state index in [9.17, 15) is 14.7 Å². The lowest BCUT2D eigenvalue weighted by molar-refractivity contribution is -0.140. The average molecular weight is 517 g/mol. The van der Waals surface area contributed by atoms with E-state index in [1.807, 2.05) is 25.9 Å². The van der Waals surface area contributed by atoms with Gasteiger partial charge in [-0.15, -0.1) is 0 Å². The maximum absolute atomic E-state index is 13.1. The highest BCUT2D eigenvalue weighted by Gasteiger charge is 2.46. The number of benzene rings is 2.